The molecule has 0 radical (unpaired) electrons. The molecule has 1 aromatic carbocycles. The topological polar surface area (TPSA) is 46.6 Å². The Morgan fingerprint density at radius 3 is 1.76 bits per heavy atom. The minimum absolute atomic E-state index is 0.136. The van der Waals surface area contributed by atoms with Gasteiger partial charge in [0.05, 0.1) is 6.04 Å². The molecule has 1 aliphatic rings. The first-order chi connectivity index (χ1) is 17.0. The summed E-state index contributed by atoms with van der Waals surface area (Å²) in [6, 6.07) is 3.84. The van der Waals surface area contributed by atoms with E-state index in [2.05, 4.69) is 4.74 Å². The molecule has 1 fully saturated rings. The van der Waals surface area contributed by atoms with Crippen LogP contribution in [0.5, 0.6) is 0 Å². The Morgan fingerprint density at radius 1 is 0.842 bits per heavy atom. The van der Waals surface area contributed by atoms with Crippen LogP contribution in [0, 0.1) is 11.8 Å². The van der Waals surface area contributed by atoms with E-state index in [0.717, 1.165) is 24.3 Å². The van der Waals surface area contributed by atoms with Crippen LogP contribution in [0.2, 0.25) is 0 Å². The highest BCUT2D eigenvalue weighted by atomic mass is 19.4. The molecular weight excluding hydrogens is 561 g/mol. The SMILES string of the molecule is CC(C)[C@H]1COC(=O)N1C(=O)[C@H](Cc1ccccc1)C(F)(F)C(F)(F)C(F)(F)C(F)(F)C(F)(F)C(F)(F)F. The monoisotopic (exact) mass is 579 g/mol. The van der Waals surface area contributed by atoms with Crippen molar-refractivity contribution in [3.63, 3.8) is 0 Å². The maximum Gasteiger partial charge on any atom is 0.460 e. The summed E-state index contributed by atoms with van der Waals surface area (Å²) in [7, 11) is 0. The van der Waals surface area contributed by atoms with Gasteiger partial charge >= 0.3 is 41.9 Å². The Balaban J connectivity index is 2.70. The second kappa shape index (κ2) is 9.77. The Labute approximate surface area is 205 Å². The van der Waals surface area contributed by atoms with Crippen molar-refractivity contribution < 1.29 is 71.4 Å². The summed E-state index contributed by atoms with van der Waals surface area (Å²) in [5.74, 6) is -45.5. The van der Waals surface area contributed by atoms with Crippen molar-refractivity contribution in [2.75, 3.05) is 6.61 Å². The van der Waals surface area contributed by atoms with Gasteiger partial charge in [-0.15, -0.1) is 0 Å². The zero-order valence-corrected chi connectivity index (χ0v) is 19.1. The van der Waals surface area contributed by atoms with Crippen molar-refractivity contribution in [2.24, 2.45) is 11.8 Å². The highest BCUT2D eigenvalue weighted by Crippen LogP contribution is 2.61. The fourth-order valence-corrected chi connectivity index (χ4v) is 3.57. The second-order valence-corrected chi connectivity index (χ2v) is 8.76. The molecule has 0 saturated carbocycles. The molecule has 0 unspecified atom stereocenters. The standard InChI is InChI=1S/C21H18F13NO3/c1-10(2)13-9-38-15(37)35(13)14(36)12(8-11-6-4-3-5-7-11)16(22,23)17(24,25)18(26,27)19(28,29)20(30,31)21(32,33)34/h3-7,10,12-13H,8-9H2,1-2H3/t12-,13+/m0/s1. The normalized spacial score (nSPS) is 19.1. The van der Waals surface area contributed by atoms with E-state index >= 15 is 8.78 Å². The number of alkyl halides is 13. The van der Waals surface area contributed by atoms with Gasteiger partial charge in [0.1, 0.15) is 12.5 Å². The number of hydrogen-bond acceptors (Lipinski definition) is 3. The van der Waals surface area contributed by atoms with Gasteiger partial charge in [-0.25, -0.2) is 9.69 Å². The third-order valence-electron chi connectivity index (χ3n) is 5.89. The molecule has 4 nitrogen and oxygen atoms in total. The van der Waals surface area contributed by atoms with Crippen LogP contribution in [0.25, 0.3) is 0 Å². The van der Waals surface area contributed by atoms with Crippen molar-refractivity contribution in [3.8, 4) is 0 Å². The van der Waals surface area contributed by atoms with E-state index in [1.165, 1.54) is 19.9 Å². The van der Waals surface area contributed by atoms with Crippen molar-refractivity contribution in [1.29, 1.82) is 0 Å². The zero-order valence-electron chi connectivity index (χ0n) is 19.1. The molecule has 1 aromatic rings. The predicted octanol–water partition coefficient (Wildman–Crippen LogP) is 6.59. The lowest BCUT2D eigenvalue weighted by Gasteiger charge is -2.42. The van der Waals surface area contributed by atoms with Crippen LogP contribution in [0.15, 0.2) is 30.3 Å². The molecule has 1 aliphatic heterocycles. The Hall–Kier alpha value is -2.75. The highest BCUT2D eigenvalue weighted by molar-refractivity contribution is 5.95. The quantitative estimate of drug-likeness (QED) is 0.311. The number of benzene rings is 1. The smallest absolute Gasteiger partial charge is 0.447 e. The number of cyclic esters (lactones) is 1. The molecule has 17 heteroatoms. The van der Waals surface area contributed by atoms with Gasteiger partial charge in [-0.2, -0.15) is 57.1 Å². The highest BCUT2D eigenvalue weighted by Gasteiger charge is 2.91. The first-order valence-corrected chi connectivity index (χ1v) is 10.5. The Morgan fingerprint density at radius 2 is 1.32 bits per heavy atom. The van der Waals surface area contributed by atoms with Gasteiger partial charge in [-0.1, -0.05) is 44.2 Å². The third kappa shape index (κ3) is 4.76. The summed E-state index contributed by atoms with van der Waals surface area (Å²) >= 11 is 0. The Kier molecular flexibility index (Phi) is 8.09. The average molecular weight is 579 g/mol. The number of nitrogens with zero attached hydrogens (tertiary/aromatic N) is 1. The number of halogens is 13. The van der Waals surface area contributed by atoms with Crippen molar-refractivity contribution in [3.05, 3.63) is 35.9 Å². The van der Waals surface area contributed by atoms with Crippen LogP contribution in [-0.2, 0) is 16.0 Å². The number of imide groups is 1. The molecule has 216 valence electrons. The van der Waals surface area contributed by atoms with Crippen molar-refractivity contribution >= 4 is 12.0 Å². The van der Waals surface area contributed by atoms with Crippen LogP contribution in [0.4, 0.5) is 61.9 Å². The lowest BCUT2D eigenvalue weighted by atomic mass is 9.83. The summed E-state index contributed by atoms with van der Waals surface area (Å²) < 4.78 is 183. The summed E-state index contributed by atoms with van der Waals surface area (Å²) in [6.07, 6.45) is -10.9. The molecular formula is C21H18F13NO3. The van der Waals surface area contributed by atoms with Crippen LogP contribution < -0.4 is 0 Å². The van der Waals surface area contributed by atoms with E-state index in [-0.39, 0.29) is 4.90 Å². The van der Waals surface area contributed by atoms with E-state index in [1.807, 2.05) is 0 Å². The van der Waals surface area contributed by atoms with Crippen LogP contribution >= 0.6 is 0 Å². The fraction of sp³-hybridized carbons (Fsp3) is 0.619. The predicted molar refractivity (Wildman–Crippen MR) is 101 cm³/mol. The van der Waals surface area contributed by atoms with Gasteiger partial charge in [0, 0.05) is 0 Å². The maximum atomic E-state index is 15.1. The van der Waals surface area contributed by atoms with Crippen molar-refractivity contribution in [2.45, 2.75) is 62.1 Å². The molecule has 1 heterocycles. The molecule has 0 aromatic heterocycles. The summed E-state index contributed by atoms with van der Waals surface area (Å²) in [6.45, 7) is 1.95. The average Bonchev–Trinajstić information content (AvgIpc) is 3.18. The maximum absolute atomic E-state index is 15.1. The molecule has 0 N–H and O–H groups in total. The molecule has 1 saturated heterocycles. The Bertz CT molecular complexity index is 1020. The van der Waals surface area contributed by atoms with Crippen LogP contribution in [0.3, 0.4) is 0 Å². The first-order valence-electron chi connectivity index (χ1n) is 10.5. The van der Waals surface area contributed by atoms with E-state index in [0.29, 0.717) is 0 Å². The third-order valence-corrected chi connectivity index (χ3v) is 5.89. The lowest BCUT2D eigenvalue weighted by molar-refractivity contribution is -0.442. The molecule has 0 bridgehead atoms. The molecule has 2 rings (SSSR count). The number of carbonyl (C=O) groups excluding carboxylic acids is 2. The minimum atomic E-state index is -8.11. The number of rotatable bonds is 9. The number of hydrogen-bond donors (Lipinski definition) is 0. The van der Waals surface area contributed by atoms with Gasteiger partial charge in [0.2, 0.25) is 5.91 Å². The van der Waals surface area contributed by atoms with Gasteiger partial charge < -0.3 is 4.74 Å². The van der Waals surface area contributed by atoms with Crippen molar-refractivity contribution in [1.82, 2.24) is 4.90 Å². The van der Waals surface area contributed by atoms with Gasteiger partial charge in [0.15, 0.2) is 0 Å². The van der Waals surface area contributed by atoms with E-state index in [4.69, 9.17) is 0 Å². The molecule has 0 spiro atoms. The zero-order chi connectivity index (χ0) is 29.7. The van der Waals surface area contributed by atoms with Gasteiger partial charge in [0.25, 0.3) is 0 Å². The second-order valence-electron chi connectivity index (χ2n) is 8.76. The van der Waals surface area contributed by atoms with E-state index in [1.54, 1.807) is 0 Å². The molecule has 2 atom stereocenters. The lowest BCUT2D eigenvalue weighted by Crippen LogP contribution is -2.72. The largest absolute Gasteiger partial charge is 0.460 e. The fourth-order valence-electron chi connectivity index (χ4n) is 3.57. The summed E-state index contributed by atoms with van der Waals surface area (Å²) in [5, 5.41) is 0. The summed E-state index contributed by atoms with van der Waals surface area (Å²) in [5.41, 5.74) is -0.467. The first kappa shape index (κ1) is 31.5. The van der Waals surface area contributed by atoms with E-state index < -0.39 is 84.3 Å². The molecule has 2 amide bonds. The number of carbonyl (C=O) groups is 2. The van der Waals surface area contributed by atoms with Crippen LogP contribution in [0.1, 0.15) is 19.4 Å². The van der Waals surface area contributed by atoms with E-state index in [9.17, 15) is 57.9 Å². The van der Waals surface area contributed by atoms with Gasteiger partial charge in [-0.05, 0) is 17.9 Å². The molecule has 0 aliphatic carbocycles. The minimum Gasteiger partial charge on any atom is -0.447 e. The number of ether oxygens (including phenoxy) is 1. The summed E-state index contributed by atoms with van der Waals surface area (Å²) in [4.78, 5) is 24.8. The van der Waals surface area contributed by atoms with Crippen LogP contribution in [-0.4, -0.2) is 65.3 Å². The number of amides is 2. The van der Waals surface area contributed by atoms with Gasteiger partial charge in [-0.3, -0.25) is 4.79 Å². The molecule has 38 heavy (non-hydrogen) atoms.